The summed E-state index contributed by atoms with van der Waals surface area (Å²) < 4.78 is 4.67. The second kappa shape index (κ2) is 4.71. The van der Waals surface area contributed by atoms with E-state index in [1.807, 2.05) is 6.92 Å². The van der Waals surface area contributed by atoms with E-state index in [1.165, 1.54) is 18.4 Å². The Hall–Kier alpha value is -1.62. The minimum absolute atomic E-state index is 0.0726. The van der Waals surface area contributed by atoms with Gasteiger partial charge < -0.3 is 14.4 Å². The number of aliphatic hydroxyl groups excluding tert-OH is 1. The monoisotopic (exact) mass is 237 g/mol. The highest BCUT2D eigenvalue weighted by Crippen LogP contribution is 2.18. The molecular formula is C12H15NO4. The molecule has 1 N–H and O–H groups in total. The van der Waals surface area contributed by atoms with Gasteiger partial charge in [0, 0.05) is 19.2 Å². The highest BCUT2D eigenvalue weighted by atomic mass is 16.4. The van der Waals surface area contributed by atoms with Crippen molar-refractivity contribution in [1.29, 1.82) is 0 Å². The predicted molar refractivity (Wildman–Crippen MR) is 60.7 cm³/mol. The van der Waals surface area contributed by atoms with Gasteiger partial charge in [-0.15, -0.1) is 0 Å². The Kier molecular flexibility index (Phi) is 3.28. The lowest BCUT2D eigenvalue weighted by atomic mass is 9.96. The highest BCUT2D eigenvalue weighted by molar-refractivity contribution is 5.93. The van der Waals surface area contributed by atoms with E-state index in [0.717, 1.165) is 0 Å². The molecule has 0 aromatic carbocycles. The second-order valence-corrected chi connectivity index (χ2v) is 4.43. The van der Waals surface area contributed by atoms with E-state index in [1.54, 1.807) is 4.90 Å². The van der Waals surface area contributed by atoms with E-state index in [0.29, 0.717) is 25.1 Å². The molecule has 1 aromatic rings. The van der Waals surface area contributed by atoms with Crippen LogP contribution in [-0.4, -0.2) is 35.1 Å². The standard InChI is InChI=1S/C12H15NO4/c1-8-6-13(5-4-10(8)14)12(16)9-2-3-11(15)17-7-9/h2-3,7-8,10,14H,4-6H2,1H3. The smallest absolute Gasteiger partial charge is 0.335 e. The number of piperidine rings is 1. The largest absolute Gasteiger partial charge is 0.430 e. The Morgan fingerprint density at radius 1 is 1.53 bits per heavy atom. The zero-order chi connectivity index (χ0) is 12.4. The third-order valence-corrected chi connectivity index (χ3v) is 3.10. The van der Waals surface area contributed by atoms with E-state index < -0.39 is 5.63 Å². The maximum absolute atomic E-state index is 12.0. The van der Waals surface area contributed by atoms with Gasteiger partial charge in [0.1, 0.15) is 6.26 Å². The van der Waals surface area contributed by atoms with Crippen molar-refractivity contribution < 1.29 is 14.3 Å². The number of rotatable bonds is 1. The molecule has 2 atom stereocenters. The van der Waals surface area contributed by atoms with Gasteiger partial charge in [-0.25, -0.2) is 4.79 Å². The number of nitrogens with zero attached hydrogens (tertiary/aromatic N) is 1. The molecule has 1 saturated heterocycles. The van der Waals surface area contributed by atoms with E-state index in [-0.39, 0.29) is 17.9 Å². The van der Waals surface area contributed by atoms with Crippen molar-refractivity contribution in [1.82, 2.24) is 4.90 Å². The van der Waals surface area contributed by atoms with Gasteiger partial charge in [0.05, 0.1) is 11.7 Å². The normalized spacial score (nSPS) is 24.7. The first kappa shape index (κ1) is 11.9. The summed E-state index contributed by atoms with van der Waals surface area (Å²) in [4.78, 5) is 24.5. The number of carbonyl (C=O) groups excluding carboxylic acids is 1. The lowest BCUT2D eigenvalue weighted by Crippen LogP contribution is -2.45. The van der Waals surface area contributed by atoms with Crippen LogP contribution < -0.4 is 5.63 Å². The predicted octanol–water partition coefficient (Wildman–Crippen LogP) is 0.483. The maximum Gasteiger partial charge on any atom is 0.335 e. The Morgan fingerprint density at radius 3 is 2.88 bits per heavy atom. The van der Waals surface area contributed by atoms with Crippen LogP contribution in [0.1, 0.15) is 23.7 Å². The minimum atomic E-state index is -0.469. The third-order valence-electron chi connectivity index (χ3n) is 3.10. The van der Waals surface area contributed by atoms with Crippen molar-refractivity contribution in [3.63, 3.8) is 0 Å². The maximum atomic E-state index is 12.0. The number of carbonyl (C=O) groups is 1. The molecule has 2 rings (SSSR count). The van der Waals surface area contributed by atoms with Gasteiger partial charge in [-0.05, 0) is 18.4 Å². The molecule has 2 unspecified atom stereocenters. The molecule has 5 heteroatoms. The van der Waals surface area contributed by atoms with Crippen LogP contribution in [0.15, 0.2) is 27.6 Å². The molecule has 0 aliphatic carbocycles. The fourth-order valence-corrected chi connectivity index (χ4v) is 1.98. The van der Waals surface area contributed by atoms with Gasteiger partial charge in [0.2, 0.25) is 0 Å². The van der Waals surface area contributed by atoms with E-state index >= 15 is 0 Å². The van der Waals surface area contributed by atoms with Crippen molar-refractivity contribution >= 4 is 5.91 Å². The lowest BCUT2D eigenvalue weighted by Gasteiger charge is -2.34. The van der Waals surface area contributed by atoms with Gasteiger partial charge in [-0.3, -0.25) is 4.79 Å². The summed E-state index contributed by atoms with van der Waals surface area (Å²) in [5.74, 6) is -0.0871. The molecule has 1 aliphatic heterocycles. The SMILES string of the molecule is CC1CN(C(=O)c2ccc(=O)oc2)CCC1O. The summed E-state index contributed by atoms with van der Waals surface area (Å²) in [5, 5.41) is 9.59. The summed E-state index contributed by atoms with van der Waals surface area (Å²) >= 11 is 0. The molecule has 0 radical (unpaired) electrons. The average molecular weight is 237 g/mol. The van der Waals surface area contributed by atoms with Crippen LogP contribution in [0.3, 0.4) is 0 Å². The molecule has 1 aromatic heterocycles. The van der Waals surface area contributed by atoms with Crippen LogP contribution in [0.4, 0.5) is 0 Å². The summed E-state index contributed by atoms with van der Waals surface area (Å²) in [7, 11) is 0. The zero-order valence-electron chi connectivity index (χ0n) is 9.63. The molecule has 5 nitrogen and oxygen atoms in total. The Morgan fingerprint density at radius 2 is 2.29 bits per heavy atom. The number of likely N-dealkylation sites (tertiary alicyclic amines) is 1. The van der Waals surface area contributed by atoms with Crippen molar-refractivity contribution in [2.45, 2.75) is 19.4 Å². The van der Waals surface area contributed by atoms with Crippen LogP contribution in [0.5, 0.6) is 0 Å². The molecule has 0 spiro atoms. The lowest BCUT2D eigenvalue weighted by molar-refractivity contribution is 0.0296. The minimum Gasteiger partial charge on any atom is -0.430 e. The summed E-state index contributed by atoms with van der Waals surface area (Å²) in [6.45, 7) is 2.97. The van der Waals surface area contributed by atoms with Crippen LogP contribution in [0.2, 0.25) is 0 Å². The highest BCUT2D eigenvalue weighted by Gasteiger charge is 2.27. The van der Waals surface area contributed by atoms with Crippen LogP contribution in [-0.2, 0) is 0 Å². The third kappa shape index (κ3) is 2.55. The Bertz CT molecular complexity index is 447. The zero-order valence-corrected chi connectivity index (χ0v) is 9.63. The van der Waals surface area contributed by atoms with E-state index in [9.17, 15) is 14.7 Å². The number of amides is 1. The molecule has 1 aliphatic rings. The van der Waals surface area contributed by atoms with Crippen molar-refractivity contribution in [2.75, 3.05) is 13.1 Å². The van der Waals surface area contributed by atoms with Gasteiger partial charge in [0.25, 0.3) is 5.91 Å². The molecule has 17 heavy (non-hydrogen) atoms. The molecular weight excluding hydrogens is 222 g/mol. The van der Waals surface area contributed by atoms with Gasteiger partial charge >= 0.3 is 5.63 Å². The van der Waals surface area contributed by atoms with Crippen LogP contribution in [0.25, 0.3) is 0 Å². The number of hydrogen-bond acceptors (Lipinski definition) is 4. The number of aliphatic hydroxyl groups is 1. The van der Waals surface area contributed by atoms with E-state index in [2.05, 4.69) is 4.42 Å². The Labute approximate surface area is 98.7 Å². The van der Waals surface area contributed by atoms with Crippen molar-refractivity contribution in [3.05, 3.63) is 34.4 Å². The Balaban J connectivity index is 2.10. The van der Waals surface area contributed by atoms with Crippen LogP contribution in [0, 0.1) is 5.92 Å². The second-order valence-electron chi connectivity index (χ2n) is 4.43. The van der Waals surface area contributed by atoms with E-state index in [4.69, 9.17) is 0 Å². The van der Waals surface area contributed by atoms with Gasteiger partial charge in [-0.2, -0.15) is 0 Å². The molecule has 1 amide bonds. The summed E-state index contributed by atoms with van der Waals surface area (Å²) in [6, 6.07) is 2.69. The molecule has 0 saturated carbocycles. The first-order valence-electron chi connectivity index (χ1n) is 5.64. The molecule has 92 valence electrons. The quantitative estimate of drug-likeness (QED) is 0.771. The fourth-order valence-electron chi connectivity index (χ4n) is 1.98. The summed E-state index contributed by atoms with van der Waals surface area (Å²) in [6.07, 6.45) is 1.43. The molecule has 0 bridgehead atoms. The fraction of sp³-hybridized carbons (Fsp3) is 0.500. The topological polar surface area (TPSA) is 70.8 Å². The van der Waals surface area contributed by atoms with Gasteiger partial charge in [0.15, 0.2) is 0 Å². The van der Waals surface area contributed by atoms with Gasteiger partial charge in [-0.1, -0.05) is 6.92 Å². The first-order valence-corrected chi connectivity index (χ1v) is 5.64. The number of hydrogen-bond donors (Lipinski definition) is 1. The molecule has 1 fully saturated rings. The first-order chi connectivity index (χ1) is 8.08. The summed E-state index contributed by atoms with van der Waals surface area (Å²) in [5.41, 5.74) is -0.0998. The average Bonchev–Trinajstić information content (AvgIpc) is 2.33. The van der Waals surface area contributed by atoms with Crippen molar-refractivity contribution in [2.24, 2.45) is 5.92 Å². The van der Waals surface area contributed by atoms with Crippen molar-refractivity contribution in [3.8, 4) is 0 Å². The van der Waals surface area contributed by atoms with Crippen LogP contribution >= 0.6 is 0 Å². The molecule has 2 heterocycles.